The first-order valence-electron chi connectivity index (χ1n) is 8.04. The Morgan fingerprint density at radius 3 is 2.61 bits per heavy atom. The minimum atomic E-state index is -1.19. The van der Waals surface area contributed by atoms with Crippen LogP contribution in [0.3, 0.4) is 0 Å². The molecule has 4 N–H and O–H groups in total. The molecule has 6 heteroatoms. The van der Waals surface area contributed by atoms with Gasteiger partial charge in [-0.25, -0.2) is 4.98 Å². The third-order valence-corrected chi connectivity index (χ3v) is 5.03. The molecule has 0 spiro atoms. The molecular weight excluding hydrogens is 292 g/mol. The van der Waals surface area contributed by atoms with Crippen molar-refractivity contribution in [3.63, 3.8) is 0 Å². The number of aromatic nitrogens is 4. The summed E-state index contributed by atoms with van der Waals surface area (Å²) in [5, 5.41) is 26.6. The van der Waals surface area contributed by atoms with Crippen LogP contribution in [0, 0.1) is 5.92 Å². The summed E-state index contributed by atoms with van der Waals surface area (Å²) in [6.45, 7) is 0. The van der Waals surface area contributed by atoms with Crippen LogP contribution in [-0.2, 0) is 0 Å². The molecule has 120 valence electrons. The SMILES string of the molecule is OC(O)C1CCC(c2cnc3[nH]cc(-c4cn[nH]c4)c3c2)CC1. The molecular formula is C17H20N4O2. The van der Waals surface area contributed by atoms with E-state index in [0.717, 1.165) is 47.8 Å². The first kappa shape index (κ1) is 14.4. The summed E-state index contributed by atoms with van der Waals surface area (Å²) < 4.78 is 0. The van der Waals surface area contributed by atoms with Gasteiger partial charge in [-0.3, -0.25) is 5.10 Å². The lowest BCUT2D eigenvalue weighted by molar-refractivity contribution is -0.0937. The normalized spacial score (nSPS) is 22.0. The maximum absolute atomic E-state index is 9.32. The lowest BCUT2D eigenvalue weighted by Crippen LogP contribution is -2.24. The lowest BCUT2D eigenvalue weighted by Gasteiger charge is -2.29. The zero-order valence-electron chi connectivity index (χ0n) is 12.7. The Morgan fingerprint density at radius 2 is 1.91 bits per heavy atom. The number of nitrogens with zero attached hydrogens (tertiary/aromatic N) is 2. The number of nitrogens with one attached hydrogen (secondary N) is 2. The number of hydrogen-bond acceptors (Lipinski definition) is 4. The predicted octanol–water partition coefficient (Wildman–Crippen LogP) is 2.54. The van der Waals surface area contributed by atoms with Crippen LogP contribution in [0.5, 0.6) is 0 Å². The molecule has 3 heterocycles. The van der Waals surface area contributed by atoms with Crippen molar-refractivity contribution in [2.45, 2.75) is 37.9 Å². The van der Waals surface area contributed by atoms with Crippen molar-refractivity contribution >= 4 is 11.0 Å². The van der Waals surface area contributed by atoms with Gasteiger partial charge in [0.15, 0.2) is 6.29 Å². The third-order valence-electron chi connectivity index (χ3n) is 5.03. The predicted molar refractivity (Wildman–Crippen MR) is 86.6 cm³/mol. The van der Waals surface area contributed by atoms with E-state index in [-0.39, 0.29) is 5.92 Å². The second kappa shape index (κ2) is 5.79. The van der Waals surface area contributed by atoms with Crippen molar-refractivity contribution in [2.24, 2.45) is 5.92 Å². The van der Waals surface area contributed by atoms with Gasteiger partial charge in [0.25, 0.3) is 0 Å². The fourth-order valence-corrected chi connectivity index (χ4v) is 3.63. The van der Waals surface area contributed by atoms with Crippen molar-refractivity contribution in [3.8, 4) is 11.1 Å². The van der Waals surface area contributed by atoms with Gasteiger partial charge in [0.05, 0.1) is 6.20 Å². The molecule has 1 saturated carbocycles. The van der Waals surface area contributed by atoms with Crippen molar-refractivity contribution in [2.75, 3.05) is 0 Å². The fraction of sp³-hybridized carbons (Fsp3) is 0.412. The number of H-pyrrole nitrogens is 2. The van der Waals surface area contributed by atoms with Crippen LogP contribution in [0.2, 0.25) is 0 Å². The Labute approximate surface area is 133 Å². The molecule has 3 aromatic heterocycles. The number of aliphatic hydroxyl groups excluding tert-OH is 1. The summed E-state index contributed by atoms with van der Waals surface area (Å²) in [5.41, 5.74) is 4.25. The number of rotatable bonds is 3. The number of aliphatic hydroxyl groups is 2. The van der Waals surface area contributed by atoms with E-state index in [9.17, 15) is 10.2 Å². The molecule has 6 nitrogen and oxygen atoms in total. The summed E-state index contributed by atoms with van der Waals surface area (Å²) in [7, 11) is 0. The van der Waals surface area contributed by atoms with Crippen LogP contribution in [0.1, 0.15) is 37.2 Å². The molecule has 0 aliphatic heterocycles. The molecule has 0 bridgehead atoms. The summed E-state index contributed by atoms with van der Waals surface area (Å²) >= 11 is 0. The quantitative estimate of drug-likeness (QED) is 0.559. The molecule has 0 unspecified atom stereocenters. The molecule has 0 atom stereocenters. The zero-order valence-corrected chi connectivity index (χ0v) is 12.7. The van der Waals surface area contributed by atoms with E-state index in [1.165, 1.54) is 5.56 Å². The van der Waals surface area contributed by atoms with Gasteiger partial charge in [0.1, 0.15) is 5.65 Å². The second-order valence-electron chi connectivity index (χ2n) is 6.38. The van der Waals surface area contributed by atoms with Gasteiger partial charge in [0, 0.05) is 41.0 Å². The zero-order chi connectivity index (χ0) is 15.8. The van der Waals surface area contributed by atoms with E-state index in [0.29, 0.717) is 5.92 Å². The number of aromatic amines is 2. The molecule has 1 fully saturated rings. The summed E-state index contributed by atoms with van der Waals surface area (Å²) in [5.74, 6) is 0.450. The van der Waals surface area contributed by atoms with E-state index >= 15 is 0 Å². The Morgan fingerprint density at radius 1 is 1.09 bits per heavy atom. The average molecular weight is 312 g/mol. The Balaban J connectivity index is 1.63. The van der Waals surface area contributed by atoms with Crippen LogP contribution >= 0.6 is 0 Å². The molecule has 0 amide bonds. The summed E-state index contributed by atoms with van der Waals surface area (Å²) in [4.78, 5) is 7.77. The van der Waals surface area contributed by atoms with Crippen molar-refractivity contribution in [3.05, 3.63) is 36.4 Å². The van der Waals surface area contributed by atoms with Crippen molar-refractivity contribution in [1.82, 2.24) is 20.2 Å². The summed E-state index contributed by atoms with van der Waals surface area (Å²) in [6, 6.07) is 2.21. The minimum Gasteiger partial charge on any atom is -0.368 e. The third kappa shape index (κ3) is 2.64. The van der Waals surface area contributed by atoms with Gasteiger partial charge in [-0.05, 0) is 43.2 Å². The second-order valence-corrected chi connectivity index (χ2v) is 6.38. The Kier molecular flexibility index (Phi) is 3.63. The van der Waals surface area contributed by atoms with Crippen LogP contribution < -0.4 is 0 Å². The van der Waals surface area contributed by atoms with E-state index in [1.807, 2.05) is 24.8 Å². The highest BCUT2D eigenvalue weighted by atomic mass is 16.5. The Hall–Kier alpha value is -2.18. The van der Waals surface area contributed by atoms with Crippen LogP contribution in [-0.4, -0.2) is 36.7 Å². The standard InChI is InChI=1S/C17H20N4O2/c22-17(23)11-3-1-10(2-4-11)12-5-14-15(13-7-20-21-8-13)9-19-16(14)18-6-12/h5-11,17,22-23H,1-4H2,(H,18,19)(H,20,21). The molecule has 0 radical (unpaired) electrons. The van der Waals surface area contributed by atoms with Gasteiger partial charge in [-0.1, -0.05) is 0 Å². The van der Waals surface area contributed by atoms with E-state index < -0.39 is 6.29 Å². The average Bonchev–Trinajstić information content (AvgIpc) is 3.23. The maximum Gasteiger partial charge on any atom is 0.154 e. The largest absolute Gasteiger partial charge is 0.368 e. The molecule has 0 saturated heterocycles. The number of hydrogen-bond donors (Lipinski definition) is 4. The van der Waals surface area contributed by atoms with Crippen molar-refractivity contribution < 1.29 is 10.2 Å². The maximum atomic E-state index is 9.32. The van der Waals surface area contributed by atoms with Crippen LogP contribution in [0.15, 0.2) is 30.9 Å². The molecule has 23 heavy (non-hydrogen) atoms. The lowest BCUT2D eigenvalue weighted by atomic mass is 9.78. The highest BCUT2D eigenvalue weighted by Gasteiger charge is 2.26. The first-order valence-corrected chi connectivity index (χ1v) is 8.04. The molecule has 3 aromatic rings. The van der Waals surface area contributed by atoms with Gasteiger partial charge in [-0.15, -0.1) is 0 Å². The molecule has 1 aliphatic rings. The molecule has 4 rings (SSSR count). The Bertz CT molecular complexity index is 786. The summed E-state index contributed by atoms with van der Waals surface area (Å²) in [6.07, 6.45) is 10.1. The van der Waals surface area contributed by atoms with Gasteiger partial charge < -0.3 is 15.2 Å². The van der Waals surface area contributed by atoms with E-state index in [4.69, 9.17) is 0 Å². The first-order chi connectivity index (χ1) is 11.2. The van der Waals surface area contributed by atoms with E-state index in [1.54, 1.807) is 0 Å². The van der Waals surface area contributed by atoms with Crippen LogP contribution in [0.25, 0.3) is 22.2 Å². The topological polar surface area (TPSA) is 97.8 Å². The van der Waals surface area contributed by atoms with Gasteiger partial charge >= 0.3 is 0 Å². The van der Waals surface area contributed by atoms with Crippen LogP contribution in [0.4, 0.5) is 0 Å². The number of pyridine rings is 1. The molecule has 0 aromatic carbocycles. The highest BCUT2D eigenvalue weighted by molar-refractivity contribution is 5.93. The number of fused-ring (bicyclic) bond motifs is 1. The van der Waals surface area contributed by atoms with Crippen molar-refractivity contribution in [1.29, 1.82) is 0 Å². The van der Waals surface area contributed by atoms with Gasteiger partial charge in [-0.2, -0.15) is 5.10 Å². The minimum absolute atomic E-state index is 0.0108. The van der Waals surface area contributed by atoms with Gasteiger partial charge in [0.2, 0.25) is 0 Å². The highest BCUT2D eigenvalue weighted by Crippen LogP contribution is 2.38. The van der Waals surface area contributed by atoms with E-state index in [2.05, 4.69) is 26.2 Å². The molecule has 1 aliphatic carbocycles. The smallest absolute Gasteiger partial charge is 0.154 e. The fourth-order valence-electron chi connectivity index (χ4n) is 3.63. The monoisotopic (exact) mass is 312 g/mol.